The number of hydrogen-bond acceptors (Lipinski definition) is 6. The maximum atomic E-state index is 13.7. The summed E-state index contributed by atoms with van der Waals surface area (Å²) in [7, 11) is 0. The van der Waals surface area contributed by atoms with Crippen molar-refractivity contribution >= 4 is 29.1 Å². The second kappa shape index (κ2) is 13.8. The third-order valence-corrected chi connectivity index (χ3v) is 9.26. The minimum Gasteiger partial charge on any atom is -0.343 e. The highest BCUT2D eigenvalue weighted by Crippen LogP contribution is 2.28. The highest BCUT2D eigenvalue weighted by molar-refractivity contribution is 6.31. The van der Waals surface area contributed by atoms with Crippen molar-refractivity contribution in [3.8, 4) is 11.4 Å². The number of aryl methyl sites for hydroxylation is 2. The molecule has 3 heterocycles. The lowest BCUT2D eigenvalue weighted by Gasteiger charge is -2.35. The standard InChI is InChI=1S/C33H42ClN5O3/c1-23-5-10-30(22-31(23)34)39(33(41)29-13-19-38(20-14-29)25(3)40)16-4-15-37-17-11-27(12-18-37)21-26-6-8-28(9-7-26)32-35-24(2)42-36-32/h5-10,22,27,29H,4,11-21H2,1-3H3. The van der Waals surface area contributed by atoms with E-state index in [9.17, 15) is 9.59 Å². The molecule has 9 heteroatoms. The first kappa shape index (κ1) is 30.2. The molecule has 0 bridgehead atoms. The van der Waals surface area contributed by atoms with Crippen LogP contribution in [-0.4, -0.2) is 71.0 Å². The molecule has 2 aliphatic rings. The fraction of sp³-hybridized carbons (Fsp3) is 0.515. The van der Waals surface area contributed by atoms with Crippen molar-refractivity contribution in [3.63, 3.8) is 0 Å². The summed E-state index contributed by atoms with van der Waals surface area (Å²) in [6.45, 7) is 10.5. The summed E-state index contributed by atoms with van der Waals surface area (Å²) < 4.78 is 5.10. The van der Waals surface area contributed by atoms with Crippen LogP contribution < -0.4 is 4.90 Å². The fourth-order valence-corrected chi connectivity index (χ4v) is 6.36. The van der Waals surface area contributed by atoms with Gasteiger partial charge in [0.2, 0.25) is 23.5 Å². The van der Waals surface area contributed by atoms with E-state index in [1.807, 2.05) is 34.9 Å². The Labute approximate surface area is 254 Å². The molecule has 1 aromatic heterocycles. The summed E-state index contributed by atoms with van der Waals surface area (Å²) in [4.78, 5) is 36.1. The molecule has 3 aromatic rings. The van der Waals surface area contributed by atoms with Gasteiger partial charge in [0.1, 0.15) is 0 Å². The van der Waals surface area contributed by atoms with Crippen LogP contribution >= 0.6 is 11.6 Å². The van der Waals surface area contributed by atoms with Gasteiger partial charge in [-0.2, -0.15) is 4.98 Å². The maximum absolute atomic E-state index is 13.7. The van der Waals surface area contributed by atoms with Crippen LogP contribution in [0.25, 0.3) is 11.4 Å². The largest absolute Gasteiger partial charge is 0.343 e. The minimum atomic E-state index is -0.0678. The fourth-order valence-electron chi connectivity index (χ4n) is 6.18. The first-order valence-electron chi connectivity index (χ1n) is 15.2. The minimum absolute atomic E-state index is 0.0678. The van der Waals surface area contributed by atoms with E-state index in [1.54, 1.807) is 13.8 Å². The summed E-state index contributed by atoms with van der Waals surface area (Å²) in [5, 5.41) is 4.69. The number of nitrogens with zero attached hydrogens (tertiary/aromatic N) is 5. The number of aromatic nitrogens is 2. The van der Waals surface area contributed by atoms with Gasteiger partial charge < -0.3 is 19.2 Å². The highest BCUT2D eigenvalue weighted by atomic mass is 35.5. The van der Waals surface area contributed by atoms with Crippen molar-refractivity contribution in [3.05, 3.63) is 64.5 Å². The summed E-state index contributed by atoms with van der Waals surface area (Å²) in [6.07, 6.45) is 5.76. The number of rotatable bonds is 9. The molecule has 0 saturated carbocycles. The zero-order chi connectivity index (χ0) is 29.6. The zero-order valence-corrected chi connectivity index (χ0v) is 25.8. The smallest absolute Gasteiger partial charge is 0.230 e. The Morgan fingerprint density at radius 3 is 2.33 bits per heavy atom. The van der Waals surface area contributed by atoms with E-state index < -0.39 is 0 Å². The van der Waals surface area contributed by atoms with Crippen molar-refractivity contribution in [1.29, 1.82) is 0 Å². The summed E-state index contributed by atoms with van der Waals surface area (Å²) in [5.74, 6) is 2.05. The molecule has 2 aliphatic heterocycles. The van der Waals surface area contributed by atoms with E-state index in [2.05, 4.69) is 39.3 Å². The van der Waals surface area contributed by atoms with Gasteiger partial charge in [0.25, 0.3) is 0 Å². The number of benzene rings is 2. The Hall–Kier alpha value is -3.23. The van der Waals surface area contributed by atoms with Crippen LogP contribution in [0, 0.1) is 25.7 Å². The number of carbonyl (C=O) groups excluding carboxylic acids is 2. The highest BCUT2D eigenvalue weighted by Gasteiger charge is 2.30. The topological polar surface area (TPSA) is 82.8 Å². The van der Waals surface area contributed by atoms with Gasteiger partial charge >= 0.3 is 0 Å². The normalized spacial score (nSPS) is 17.0. The van der Waals surface area contributed by atoms with Crippen molar-refractivity contribution in [2.75, 3.05) is 44.2 Å². The zero-order valence-electron chi connectivity index (χ0n) is 25.0. The van der Waals surface area contributed by atoms with Crippen molar-refractivity contribution in [2.45, 2.75) is 59.3 Å². The average molecular weight is 592 g/mol. The van der Waals surface area contributed by atoms with Gasteiger partial charge in [0.15, 0.2) is 0 Å². The Bertz CT molecular complexity index is 1360. The molecule has 2 aromatic carbocycles. The lowest BCUT2D eigenvalue weighted by atomic mass is 9.90. The monoisotopic (exact) mass is 591 g/mol. The number of halogens is 1. The van der Waals surface area contributed by atoms with Gasteiger partial charge in [-0.1, -0.05) is 47.1 Å². The molecular weight excluding hydrogens is 550 g/mol. The number of amides is 2. The van der Waals surface area contributed by atoms with E-state index >= 15 is 0 Å². The van der Waals surface area contributed by atoms with E-state index in [0.717, 1.165) is 49.3 Å². The first-order valence-corrected chi connectivity index (χ1v) is 15.6. The summed E-state index contributed by atoms with van der Waals surface area (Å²) in [6, 6.07) is 14.4. The van der Waals surface area contributed by atoms with Gasteiger partial charge in [0, 0.05) is 55.7 Å². The molecule has 42 heavy (non-hydrogen) atoms. The third-order valence-electron chi connectivity index (χ3n) is 8.85. The van der Waals surface area contributed by atoms with Gasteiger partial charge in [0.05, 0.1) is 0 Å². The molecule has 5 rings (SSSR count). The molecule has 0 aliphatic carbocycles. The van der Waals surface area contributed by atoms with Crippen LogP contribution in [0.4, 0.5) is 5.69 Å². The molecule has 0 spiro atoms. The van der Waals surface area contributed by atoms with Crippen LogP contribution in [0.3, 0.4) is 0 Å². The number of anilines is 1. The Morgan fingerprint density at radius 2 is 1.71 bits per heavy atom. The lowest BCUT2D eigenvalue weighted by molar-refractivity contribution is -0.133. The predicted octanol–water partition coefficient (Wildman–Crippen LogP) is 5.94. The molecule has 0 N–H and O–H groups in total. The van der Waals surface area contributed by atoms with Crippen LogP contribution in [-0.2, 0) is 16.0 Å². The van der Waals surface area contributed by atoms with E-state index in [0.29, 0.717) is 55.1 Å². The molecule has 8 nitrogen and oxygen atoms in total. The number of likely N-dealkylation sites (tertiary alicyclic amines) is 2. The van der Waals surface area contributed by atoms with Crippen LogP contribution in [0.15, 0.2) is 47.0 Å². The average Bonchev–Trinajstić information content (AvgIpc) is 3.44. The second-order valence-corrected chi connectivity index (χ2v) is 12.3. The third kappa shape index (κ3) is 7.58. The van der Waals surface area contributed by atoms with Crippen LogP contribution in [0.1, 0.15) is 56.0 Å². The summed E-state index contributed by atoms with van der Waals surface area (Å²) in [5.41, 5.74) is 4.19. The number of piperidine rings is 2. The number of carbonyl (C=O) groups is 2. The quantitative estimate of drug-likeness (QED) is 0.306. The van der Waals surface area contributed by atoms with Gasteiger partial charge in [-0.05, 0) is 94.3 Å². The van der Waals surface area contributed by atoms with Gasteiger partial charge in [-0.3, -0.25) is 9.59 Å². The Kier molecular flexibility index (Phi) is 9.95. The maximum Gasteiger partial charge on any atom is 0.230 e. The SMILES string of the molecule is CC(=O)N1CCC(C(=O)N(CCCN2CCC(Cc3ccc(-c4noc(C)n4)cc3)CC2)c2ccc(C)c(Cl)c2)CC1. The molecule has 2 fully saturated rings. The Morgan fingerprint density at radius 1 is 1.00 bits per heavy atom. The molecule has 0 unspecified atom stereocenters. The lowest BCUT2D eigenvalue weighted by Crippen LogP contribution is -2.45. The van der Waals surface area contributed by atoms with Crippen molar-refractivity contribution in [2.24, 2.45) is 11.8 Å². The first-order chi connectivity index (χ1) is 20.3. The number of hydrogen-bond donors (Lipinski definition) is 0. The molecule has 0 atom stereocenters. The van der Waals surface area contributed by atoms with Crippen molar-refractivity contribution in [1.82, 2.24) is 19.9 Å². The molecule has 2 amide bonds. The second-order valence-electron chi connectivity index (χ2n) is 11.9. The van der Waals surface area contributed by atoms with Gasteiger partial charge in [-0.25, -0.2) is 0 Å². The van der Waals surface area contributed by atoms with E-state index in [4.69, 9.17) is 16.1 Å². The summed E-state index contributed by atoms with van der Waals surface area (Å²) >= 11 is 6.47. The van der Waals surface area contributed by atoms with E-state index in [1.165, 1.54) is 18.4 Å². The van der Waals surface area contributed by atoms with Gasteiger partial charge in [-0.15, -0.1) is 0 Å². The van der Waals surface area contributed by atoms with Crippen LogP contribution in [0.5, 0.6) is 0 Å². The predicted molar refractivity (Wildman–Crippen MR) is 165 cm³/mol. The van der Waals surface area contributed by atoms with Crippen molar-refractivity contribution < 1.29 is 14.1 Å². The molecule has 224 valence electrons. The van der Waals surface area contributed by atoms with E-state index in [-0.39, 0.29) is 17.7 Å². The van der Waals surface area contributed by atoms with Crippen LogP contribution in [0.2, 0.25) is 5.02 Å². The molecule has 0 radical (unpaired) electrons. The molecule has 2 saturated heterocycles. The molecular formula is C33H42ClN5O3. The Balaban J connectivity index is 1.11.